The molecule has 0 aliphatic heterocycles. The molecule has 2 rings (SSSR count). The summed E-state index contributed by atoms with van der Waals surface area (Å²) in [5.41, 5.74) is 1.84. The number of ether oxygens (including phenoxy) is 2. The van der Waals surface area contributed by atoms with Crippen molar-refractivity contribution in [2.75, 3.05) is 0 Å². The van der Waals surface area contributed by atoms with Crippen LogP contribution in [0.15, 0.2) is 42.5 Å². The molecule has 1 N–H and O–H groups in total. The molecule has 0 aromatic heterocycles. The van der Waals surface area contributed by atoms with Crippen molar-refractivity contribution in [3.8, 4) is 11.1 Å². The lowest BCUT2D eigenvalue weighted by Gasteiger charge is -2.38. The Morgan fingerprint density at radius 1 is 0.818 bits per heavy atom. The average Bonchev–Trinajstić information content (AvgIpc) is 2.72. The Labute approximate surface area is 198 Å². The van der Waals surface area contributed by atoms with Gasteiger partial charge in [-0.1, -0.05) is 69.7 Å². The molecule has 0 spiro atoms. The van der Waals surface area contributed by atoms with Crippen molar-refractivity contribution >= 4 is 0 Å². The van der Waals surface area contributed by atoms with E-state index in [1.165, 1.54) is 31.4 Å². The number of rotatable bonds is 14. The lowest BCUT2D eigenvalue weighted by Crippen LogP contribution is -2.45. The summed E-state index contributed by atoms with van der Waals surface area (Å²) in [4.78, 5) is 0. The first-order valence-electron chi connectivity index (χ1n) is 12.3. The minimum atomic E-state index is -1.77. The summed E-state index contributed by atoms with van der Waals surface area (Å²) in [6.07, 6.45) is 7.08. The van der Waals surface area contributed by atoms with Gasteiger partial charge in [0.2, 0.25) is 0 Å². The largest absolute Gasteiger partial charge is 0.343 e. The lowest BCUT2D eigenvalue weighted by atomic mass is 9.89. The van der Waals surface area contributed by atoms with Crippen molar-refractivity contribution in [2.45, 2.75) is 104 Å². The van der Waals surface area contributed by atoms with Crippen LogP contribution in [0, 0.1) is 11.6 Å². The average molecular weight is 463 g/mol. The second kappa shape index (κ2) is 13.2. The quantitative estimate of drug-likeness (QED) is 0.229. The standard InChI is InChI=1S/C28H40F2O3/c1-6-7-8-9-10-11-12-26(28(31,32-20(2)3)33-21(4)5)23-15-13-22(14-16-23)25-18-17-24(29)19-27(25)30/h13-21,26,31H,6-12H2,1-5H3. The van der Waals surface area contributed by atoms with E-state index in [2.05, 4.69) is 6.92 Å². The highest BCUT2D eigenvalue weighted by molar-refractivity contribution is 5.64. The van der Waals surface area contributed by atoms with Crippen LogP contribution in [-0.2, 0) is 9.47 Å². The van der Waals surface area contributed by atoms with Crippen LogP contribution in [0.1, 0.15) is 91.0 Å². The van der Waals surface area contributed by atoms with Crippen LogP contribution in [0.2, 0.25) is 0 Å². The van der Waals surface area contributed by atoms with Crippen LogP contribution >= 0.6 is 0 Å². The normalized spacial score (nSPS) is 13.2. The van der Waals surface area contributed by atoms with E-state index < -0.39 is 23.5 Å². The first-order valence-corrected chi connectivity index (χ1v) is 12.3. The molecule has 0 fully saturated rings. The summed E-state index contributed by atoms with van der Waals surface area (Å²) in [6.45, 7) is 9.69. The van der Waals surface area contributed by atoms with Crippen molar-refractivity contribution < 1.29 is 23.4 Å². The van der Waals surface area contributed by atoms with Crippen molar-refractivity contribution in [3.05, 3.63) is 59.7 Å². The Hall–Kier alpha value is -1.82. The number of hydrogen-bond acceptors (Lipinski definition) is 3. The number of halogens is 2. The molecule has 0 aliphatic rings. The van der Waals surface area contributed by atoms with Crippen LogP contribution in [0.25, 0.3) is 11.1 Å². The molecule has 184 valence electrons. The van der Waals surface area contributed by atoms with Gasteiger partial charge in [0.25, 0.3) is 5.97 Å². The number of unbranched alkanes of at least 4 members (excludes halogenated alkanes) is 5. The Bertz CT molecular complexity index is 824. The van der Waals surface area contributed by atoms with Gasteiger partial charge in [-0.2, -0.15) is 0 Å². The van der Waals surface area contributed by atoms with Crippen molar-refractivity contribution in [1.29, 1.82) is 0 Å². The Balaban J connectivity index is 2.30. The first-order chi connectivity index (χ1) is 15.7. The van der Waals surface area contributed by atoms with Gasteiger partial charge in [0.05, 0.1) is 18.1 Å². The fraction of sp³-hybridized carbons (Fsp3) is 0.571. The van der Waals surface area contributed by atoms with E-state index in [0.29, 0.717) is 17.5 Å². The van der Waals surface area contributed by atoms with E-state index in [1.54, 1.807) is 12.1 Å². The molecule has 0 aliphatic carbocycles. The fourth-order valence-corrected chi connectivity index (χ4v) is 4.17. The highest BCUT2D eigenvalue weighted by Crippen LogP contribution is 2.38. The maximum Gasteiger partial charge on any atom is 0.288 e. The van der Waals surface area contributed by atoms with Crippen LogP contribution in [0.5, 0.6) is 0 Å². The van der Waals surface area contributed by atoms with Gasteiger partial charge in [-0.25, -0.2) is 8.78 Å². The molecule has 0 saturated heterocycles. The summed E-state index contributed by atoms with van der Waals surface area (Å²) < 4.78 is 39.4. The molecule has 0 amide bonds. The topological polar surface area (TPSA) is 38.7 Å². The third-order valence-electron chi connectivity index (χ3n) is 5.65. The van der Waals surface area contributed by atoms with Gasteiger partial charge in [-0.15, -0.1) is 0 Å². The Morgan fingerprint density at radius 2 is 1.39 bits per heavy atom. The monoisotopic (exact) mass is 462 g/mol. The molecule has 0 heterocycles. The summed E-state index contributed by atoms with van der Waals surface area (Å²) in [7, 11) is 0. The second-order valence-electron chi connectivity index (χ2n) is 9.32. The van der Waals surface area contributed by atoms with Gasteiger partial charge in [-0.05, 0) is 57.4 Å². The van der Waals surface area contributed by atoms with E-state index in [1.807, 2.05) is 39.8 Å². The van der Waals surface area contributed by atoms with Crippen LogP contribution in [0.3, 0.4) is 0 Å². The first kappa shape index (κ1) is 27.4. The predicted octanol–water partition coefficient (Wildman–Crippen LogP) is 7.96. The number of aliphatic hydroxyl groups is 1. The minimum absolute atomic E-state index is 0.228. The van der Waals surface area contributed by atoms with Crippen LogP contribution in [-0.4, -0.2) is 23.3 Å². The molecule has 1 atom stereocenters. The van der Waals surface area contributed by atoms with Gasteiger partial charge < -0.3 is 14.6 Å². The molecule has 1 unspecified atom stereocenters. The SMILES string of the molecule is CCCCCCCCC(c1ccc(-c2ccc(F)cc2F)cc1)C(O)(OC(C)C)OC(C)C. The summed E-state index contributed by atoms with van der Waals surface area (Å²) in [5.74, 6) is -3.38. The fourth-order valence-electron chi connectivity index (χ4n) is 4.17. The zero-order valence-corrected chi connectivity index (χ0v) is 20.7. The van der Waals surface area contributed by atoms with Crippen molar-refractivity contribution in [3.63, 3.8) is 0 Å². The third-order valence-corrected chi connectivity index (χ3v) is 5.65. The summed E-state index contributed by atoms with van der Waals surface area (Å²) >= 11 is 0. The van der Waals surface area contributed by atoms with Gasteiger partial charge in [0.15, 0.2) is 0 Å². The zero-order chi connectivity index (χ0) is 24.4. The van der Waals surface area contributed by atoms with E-state index in [9.17, 15) is 13.9 Å². The number of benzene rings is 2. The Morgan fingerprint density at radius 3 is 1.94 bits per heavy atom. The maximum absolute atomic E-state index is 14.2. The predicted molar refractivity (Wildman–Crippen MR) is 130 cm³/mol. The molecule has 3 nitrogen and oxygen atoms in total. The lowest BCUT2D eigenvalue weighted by molar-refractivity contribution is -0.393. The molecule has 2 aromatic rings. The van der Waals surface area contributed by atoms with Crippen LogP contribution < -0.4 is 0 Å². The second-order valence-corrected chi connectivity index (χ2v) is 9.32. The van der Waals surface area contributed by atoms with E-state index in [-0.39, 0.29) is 12.2 Å². The van der Waals surface area contributed by atoms with E-state index in [4.69, 9.17) is 9.47 Å². The molecule has 0 radical (unpaired) electrons. The zero-order valence-electron chi connectivity index (χ0n) is 20.7. The minimum Gasteiger partial charge on any atom is -0.343 e. The molecule has 2 aromatic carbocycles. The molecule has 0 saturated carbocycles. The molecule has 0 bridgehead atoms. The van der Waals surface area contributed by atoms with Crippen molar-refractivity contribution in [2.24, 2.45) is 0 Å². The maximum atomic E-state index is 14.2. The van der Waals surface area contributed by atoms with Crippen LogP contribution in [0.4, 0.5) is 8.78 Å². The van der Waals surface area contributed by atoms with E-state index in [0.717, 1.165) is 30.9 Å². The van der Waals surface area contributed by atoms with Gasteiger partial charge in [-0.3, -0.25) is 0 Å². The highest BCUT2D eigenvalue weighted by atomic mass is 19.1. The molecule has 5 heteroatoms. The number of hydrogen-bond donors (Lipinski definition) is 1. The Kier molecular flexibility index (Phi) is 10.9. The van der Waals surface area contributed by atoms with Gasteiger partial charge >= 0.3 is 0 Å². The third kappa shape index (κ3) is 8.47. The summed E-state index contributed by atoms with van der Waals surface area (Å²) in [6, 6.07) is 10.9. The van der Waals surface area contributed by atoms with E-state index >= 15 is 0 Å². The summed E-state index contributed by atoms with van der Waals surface area (Å²) in [5, 5.41) is 11.5. The smallest absolute Gasteiger partial charge is 0.288 e. The molecular formula is C28H40F2O3. The van der Waals surface area contributed by atoms with Gasteiger partial charge in [0, 0.05) is 11.6 Å². The molecule has 33 heavy (non-hydrogen) atoms. The van der Waals surface area contributed by atoms with Crippen molar-refractivity contribution in [1.82, 2.24) is 0 Å². The highest BCUT2D eigenvalue weighted by Gasteiger charge is 2.42. The molecular weight excluding hydrogens is 422 g/mol. The van der Waals surface area contributed by atoms with Gasteiger partial charge in [0.1, 0.15) is 11.6 Å².